The standard InChI is InChI=1S/C25H27N5O3S/c1-18-10-9-15-30-23(18)26-22(19-11-5-3-6-12-19)24(30)27-25(31)21-16-20(17-28(21)2)34(32,33)29-13-7-4-8-14-29/h3,5-6,9-12,15-17H,4,7-8,13-14H2,1-2H3,(H,27,31). The molecule has 34 heavy (non-hydrogen) atoms. The molecule has 4 heterocycles. The Morgan fingerprint density at radius 1 is 1.03 bits per heavy atom. The summed E-state index contributed by atoms with van der Waals surface area (Å²) in [6.07, 6.45) is 6.12. The van der Waals surface area contributed by atoms with Gasteiger partial charge in [0.25, 0.3) is 5.91 Å². The van der Waals surface area contributed by atoms with Crippen LogP contribution in [0, 0.1) is 6.92 Å². The molecule has 0 atom stereocenters. The molecule has 5 rings (SSSR count). The van der Waals surface area contributed by atoms with Crippen molar-refractivity contribution in [2.45, 2.75) is 31.1 Å². The van der Waals surface area contributed by atoms with E-state index in [9.17, 15) is 13.2 Å². The summed E-state index contributed by atoms with van der Waals surface area (Å²) in [6, 6.07) is 15.0. The normalized spacial score (nSPS) is 15.0. The van der Waals surface area contributed by atoms with Crippen LogP contribution in [0.4, 0.5) is 5.82 Å². The van der Waals surface area contributed by atoms with Gasteiger partial charge in [0.2, 0.25) is 10.0 Å². The van der Waals surface area contributed by atoms with Crippen molar-refractivity contribution in [1.29, 1.82) is 0 Å². The number of aryl methyl sites for hydroxylation is 2. The van der Waals surface area contributed by atoms with Crippen molar-refractivity contribution in [2.24, 2.45) is 7.05 Å². The first-order chi connectivity index (χ1) is 16.4. The van der Waals surface area contributed by atoms with Crippen molar-refractivity contribution in [3.63, 3.8) is 0 Å². The van der Waals surface area contributed by atoms with Crippen molar-refractivity contribution < 1.29 is 13.2 Å². The summed E-state index contributed by atoms with van der Waals surface area (Å²) < 4.78 is 31.1. The summed E-state index contributed by atoms with van der Waals surface area (Å²) in [7, 11) is -1.95. The van der Waals surface area contributed by atoms with Gasteiger partial charge in [-0.1, -0.05) is 42.8 Å². The highest BCUT2D eigenvalue weighted by Gasteiger charge is 2.29. The van der Waals surface area contributed by atoms with Crippen molar-refractivity contribution >= 4 is 27.4 Å². The van der Waals surface area contributed by atoms with Gasteiger partial charge in [-0.05, 0) is 37.5 Å². The third-order valence-electron chi connectivity index (χ3n) is 6.29. The molecule has 0 spiro atoms. The topological polar surface area (TPSA) is 88.7 Å². The van der Waals surface area contributed by atoms with Crippen LogP contribution in [0.1, 0.15) is 35.3 Å². The number of rotatable bonds is 5. The van der Waals surface area contributed by atoms with Gasteiger partial charge in [0.05, 0.1) is 0 Å². The van der Waals surface area contributed by atoms with Gasteiger partial charge < -0.3 is 9.88 Å². The zero-order chi connectivity index (χ0) is 23.9. The Labute approximate surface area is 198 Å². The Morgan fingerprint density at radius 2 is 1.76 bits per heavy atom. The summed E-state index contributed by atoms with van der Waals surface area (Å²) in [5, 5.41) is 2.99. The number of piperidine rings is 1. The van der Waals surface area contributed by atoms with Crippen LogP contribution in [-0.2, 0) is 17.1 Å². The molecular formula is C25H27N5O3S. The maximum Gasteiger partial charge on any atom is 0.273 e. The minimum absolute atomic E-state index is 0.138. The van der Waals surface area contributed by atoms with Gasteiger partial charge in [0.1, 0.15) is 27.7 Å². The van der Waals surface area contributed by atoms with Gasteiger partial charge in [0, 0.05) is 38.1 Å². The number of imidazole rings is 1. The maximum absolute atomic E-state index is 13.4. The first-order valence-electron chi connectivity index (χ1n) is 11.4. The van der Waals surface area contributed by atoms with E-state index in [-0.39, 0.29) is 10.6 Å². The third kappa shape index (κ3) is 3.91. The SMILES string of the molecule is Cc1cccn2c(NC(=O)c3cc(S(=O)(=O)N4CCCCC4)cn3C)c(-c3ccccc3)nc12. The van der Waals surface area contributed by atoms with Gasteiger partial charge in [-0.15, -0.1) is 0 Å². The zero-order valence-electron chi connectivity index (χ0n) is 19.2. The number of sulfonamides is 1. The molecule has 0 saturated carbocycles. The minimum atomic E-state index is -3.64. The number of carbonyl (C=O) groups excluding carboxylic acids is 1. The van der Waals surface area contributed by atoms with Crippen LogP contribution in [0.2, 0.25) is 0 Å². The van der Waals surface area contributed by atoms with Crippen LogP contribution in [0.5, 0.6) is 0 Å². The van der Waals surface area contributed by atoms with E-state index in [1.165, 1.54) is 16.6 Å². The lowest BCUT2D eigenvalue weighted by molar-refractivity contribution is 0.101. The van der Waals surface area contributed by atoms with Gasteiger partial charge in [-0.3, -0.25) is 9.20 Å². The maximum atomic E-state index is 13.4. The predicted octanol–water partition coefficient (Wildman–Crippen LogP) is 4.08. The summed E-state index contributed by atoms with van der Waals surface area (Å²) in [5.74, 6) is 0.139. The summed E-state index contributed by atoms with van der Waals surface area (Å²) in [6.45, 7) is 3.00. The lowest BCUT2D eigenvalue weighted by atomic mass is 10.1. The molecule has 1 aromatic carbocycles. The highest BCUT2D eigenvalue weighted by atomic mass is 32.2. The lowest BCUT2D eigenvalue weighted by Crippen LogP contribution is -2.35. The lowest BCUT2D eigenvalue weighted by Gasteiger charge is -2.25. The molecule has 1 aliphatic rings. The average Bonchev–Trinajstić information content (AvgIpc) is 3.42. The second-order valence-corrected chi connectivity index (χ2v) is 10.6. The Morgan fingerprint density at radius 3 is 2.50 bits per heavy atom. The van der Waals surface area contributed by atoms with Crippen molar-refractivity contribution in [3.05, 3.63) is 72.2 Å². The zero-order valence-corrected chi connectivity index (χ0v) is 20.0. The van der Waals surface area contributed by atoms with E-state index >= 15 is 0 Å². The number of carbonyl (C=O) groups is 1. The number of benzene rings is 1. The average molecular weight is 478 g/mol. The largest absolute Gasteiger partial charge is 0.345 e. The van der Waals surface area contributed by atoms with E-state index in [0.717, 1.165) is 36.0 Å². The first-order valence-corrected chi connectivity index (χ1v) is 12.8. The van der Waals surface area contributed by atoms with Crippen LogP contribution in [0.15, 0.2) is 65.8 Å². The molecule has 1 aliphatic heterocycles. The molecular weight excluding hydrogens is 450 g/mol. The van der Waals surface area contributed by atoms with E-state index < -0.39 is 15.9 Å². The molecule has 1 fully saturated rings. The molecule has 0 bridgehead atoms. The molecule has 4 aromatic rings. The second-order valence-electron chi connectivity index (χ2n) is 8.65. The summed E-state index contributed by atoms with van der Waals surface area (Å²) in [5.41, 5.74) is 3.52. The Bertz CT molecular complexity index is 1470. The van der Waals surface area contributed by atoms with E-state index in [1.54, 1.807) is 11.6 Å². The fraction of sp³-hybridized carbons (Fsp3) is 0.280. The fourth-order valence-electron chi connectivity index (χ4n) is 4.45. The number of nitrogens with zero attached hydrogens (tertiary/aromatic N) is 4. The molecule has 0 aliphatic carbocycles. The molecule has 3 aromatic heterocycles. The molecule has 1 saturated heterocycles. The van der Waals surface area contributed by atoms with Crippen LogP contribution < -0.4 is 5.32 Å². The van der Waals surface area contributed by atoms with Crippen LogP contribution >= 0.6 is 0 Å². The number of aromatic nitrogens is 3. The highest BCUT2D eigenvalue weighted by Crippen LogP contribution is 2.30. The van der Waals surface area contributed by atoms with E-state index in [4.69, 9.17) is 4.98 Å². The van der Waals surface area contributed by atoms with Gasteiger partial charge in [-0.2, -0.15) is 4.31 Å². The molecule has 9 heteroatoms. The Hall–Kier alpha value is -3.43. The van der Waals surface area contributed by atoms with Gasteiger partial charge in [-0.25, -0.2) is 13.4 Å². The van der Waals surface area contributed by atoms with E-state index in [0.29, 0.717) is 24.6 Å². The molecule has 1 amide bonds. The van der Waals surface area contributed by atoms with Crippen molar-refractivity contribution in [3.8, 4) is 11.3 Å². The number of nitrogens with one attached hydrogen (secondary N) is 1. The first kappa shape index (κ1) is 22.4. The van der Waals surface area contributed by atoms with Gasteiger partial charge in [0.15, 0.2) is 0 Å². The van der Waals surface area contributed by atoms with Crippen molar-refractivity contribution in [1.82, 2.24) is 18.3 Å². The number of pyridine rings is 1. The molecule has 176 valence electrons. The van der Waals surface area contributed by atoms with Crippen LogP contribution in [0.25, 0.3) is 16.9 Å². The summed E-state index contributed by atoms with van der Waals surface area (Å²) in [4.78, 5) is 18.3. The minimum Gasteiger partial charge on any atom is -0.345 e. The highest BCUT2D eigenvalue weighted by molar-refractivity contribution is 7.89. The third-order valence-corrected chi connectivity index (χ3v) is 8.15. The fourth-order valence-corrected chi connectivity index (χ4v) is 6.04. The summed E-state index contributed by atoms with van der Waals surface area (Å²) >= 11 is 0. The molecule has 0 unspecified atom stereocenters. The van der Waals surface area contributed by atoms with E-state index in [2.05, 4.69) is 5.32 Å². The number of hydrogen-bond donors (Lipinski definition) is 1. The number of anilines is 1. The molecule has 1 N–H and O–H groups in total. The van der Waals surface area contributed by atoms with E-state index in [1.807, 2.05) is 60.0 Å². The van der Waals surface area contributed by atoms with Crippen LogP contribution in [0.3, 0.4) is 0 Å². The monoisotopic (exact) mass is 477 g/mol. The Balaban J connectivity index is 1.52. The number of fused-ring (bicyclic) bond motifs is 1. The number of hydrogen-bond acceptors (Lipinski definition) is 4. The molecule has 0 radical (unpaired) electrons. The number of amides is 1. The quantitative estimate of drug-likeness (QED) is 0.469. The van der Waals surface area contributed by atoms with Crippen LogP contribution in [-0.4, -0.2) is 45.7 Å². The van der Waals surface area contributed by atoms with Crippen molar-refractivity contribution in [2.75, 3.05) is 18.4 Å². The smallest absolute Gasteiger partial charge is 0.273 e. The molecule has 8 nitrogen and oxygen atoms in total. The second kappa shape index (κ2) is 8.73. The predicted molar refractivity (Wildman–Crippen MR) is 131 cm³/mol. The Kier molecular flexibility index (Phi) is 5.75. The van der Waals surface area contributed by atoms with Gasteiger partial charge >= 0.3 is 0 Å².